The summed E-state index contributed by atoms with van der Waals surface area (Å²) in [5.74, 6) is -2.13. The second-order valence-electron chi connectivity index (χ2n) is 2.76. The van der Waals surface area contributed by atoms with Crippen molar-refractivity contribution in [2.75, 3.05) is 35.5 Å². The molecule has 0 aromatic rings. The Morgan fingerprint density at radius 3 is 1.80 bits per heavy atom. The van der Waals surface area contributed by atoms with E-state index in [-0.39, 0.29) is 6.42 Å². The van der Waals surface area contributed by atoms with Gasteiger partial charge in [-0.15, -0.1) is 0 Å². The number of methoxy groups -OCH3 is 5. The zero-order chi connectivity index (χ0) is 11.9. The average Bonchev–Trinajstić information content (AvgIpc) is 2.30. The summed E-state index contributed by atoms with van der Waals surface area (Å²) in [4.78, 5) is 11.5. The Morgan fingerprint density at radius 1 is 1.07 bits per heavy atom. The molecule has 0 saturated carbocycles. The predicted molar refractivity (Wildman–Crippen MR) is 51.2 cm³/mol. The smallest absolute Gasteiger partial charge is 0.366 e. The summed E-state index contributed by atoms with van der Waals surface area (Å²) >= 11 is 0. The monoisotopic (exact) mass is 222 g/mol. The molecule has 0 unspecified atom stereocenters. The highest BCUT2D eigenvalue weighted by atomic mass is 16.7. The molecule has 0 aromatic heterocycles. The van der Waals surface area contributed by atoms with Gasteiger partial charge in [0.2, 0.25) is 0 Å². The highest BCUT2D eigenvalue weighted by Gasteiger charge is 2.43. The predicted octanol–water partition coefficient (Wildman–Crippen LogP) is 0.157. The fourth-order valence-electron chi connectivity index (χ4n) is 1.14. The van der Waals surface area contributed by atoms with Crippen LogP contribution in [0.3, 0.4) is 0 Å². The normalized spacial score (nSPS) is 11.9. The van der Waals surface area contributed by atoms with Crippen molar-refractivity contribution in [1.82, 2.24) is 0 Å². The van der Waals surface area contributed by atoms with Gasteiger partial charge < -0.3 is 23.7 Å². The van der Waals surface area contributed by atoms with E-state index in [4.69, 9.17) is 18.9 Å². The molecule has 15 heavy (non-hydrogen) atoms. The highest BCUT2D eigenvalue weighted by Crippen LogP contribution is 2.21. The van der Waals surface area contributed by atoms with Gasteiger partial charge in [-0.3, -0.25) is 0 Å². The minimum absolute atomic E-state index is 0.0830. The SMILES string of the molecule is COC(=O)C(CC(OC)OC)(OC)OC. The molecular formula is C9H18O6. The van der Waals surface area contributed by atoms with Gasteiger partial charge in [-0.05, 0) is 0 Å². The van der Waals surface area contributed by atoms with Crippen LogP contribution in [-0.4, -0.2) is 53.6 Å². The maximum Gasteiger partial charge on any atom is 0.366 e. The molecule has 0 heterocycles. The van der Waals surface area contributed by atoms with Crippen molar-refractivity contribution in [2.45, 2.75) is 18.5 Å². The molecule has 0 rings (SSSR count). The summed E-state index contributed by atoms with van der Waals surface area (Å²) in [5, 5.41) is 0. The zero-order valence-electron chi connectivity index (χ0n) is 9.73. The van der Waals surface area contributed by atoms with Crippen molar-refractivity contribution in [2.24, 2.45) is 0 Å². The maximum absolute atomic E-state index is 11.5. The lowest BCUT2D eigenvalue weighted by Gasteiger charge is -2.30. The van der Waals surface area contributed by atoms with Crippen molar-refractivity contribution >= 4 is 5.97 Å². The van der Waals surface area contributed by atoms with E-state index in [1.807, 2.05) is 0 Å². The molecule has 0 amide bonds. The van der Waals surface area contributed by atoms with E-state index in [0.29, 0.717) is 0 Å². The molecule has 6 nitrogen and oxygen atoms in total. The molecule has 0 aliphatic heterocycles. The lowest BCUT2D eigenvalue weighted by atomic mass is 10.2. The van der Waals surface area contributed by atoms with Gasteiger partial charge in [0.05, 0.1) is 13.5 Å². The quantitative estimate of drug-likeness (QED) is 0.451. The van der Waals surface area contributed by atoms with Gasteiger partial charge in [0.15, 0.2) is 6.29 Å². The third-order valence-electron chi connectivity index (χ3n) is 2.12. The number of ether oxygens (including phenoxy) is 5. The molecule has 0 aliphatic rings. The van der Waals surface area contributed by atoms with Crippen molar-refractivity contribution in [3.63, 3.8) is 0 Å². The van der Waals surface area contributed by atoms with Crippen molar-refractivity contribution in [3.05, 3.63) is 0 Å². The van der Waals surface area contributed by atoms with Crippen LogP contribution < -0.4 is 0 Å². The van der Waals surface area contributed by atoms with Crippen LogP contribution >= 0.6 is 0 Å². The minimum Gasteiger partial charge on any atom is -0.465 e. The van der Waals surface area contributed by atoms with Crippen LogP contribution in [-0.2, 0) is 28.5 Å². The van der Waals surface area contributed by atoms with Crippen LogP contribution in [0.5, 0.6) is 0 Å². The Balaban J connectivity index is 4.69. The minimum atomic E-state index is -1.49. The first-order valence-corrected chi connectivity index (χ1v) is 4.34. The van der Waals surface area contributed by atoms with Crippen LogP contribution in [0.1, 0.15) is 6.42 Å². The molecule has 0 aromatic carbocycles. The van der Waals surface area contributed by atoms with Crippen molar-refractivity contribution in [1.29, 1.82) is 0 Å². The summed E-state index contributed by atoms with van der Waals surface area (Å²) in [5.41, 5.74) is 0. The summed E-state index contributed by atoms with van der Waals surface area (Å²) in [6.07, 6.45) is -0.524. The van der Waals surface area contributed by atoms with Crippen molar-refractivity contribution in [3.8, 4) is 0 Å². The second-order valence-corrected chi connectivity index (χ2v) is 2.76. The number of carbonyl (C=O) groups excluding carboxylic acids is 1. The van der Waals surface area contributed by atoms with Crippen LogP contribution in [0.2, 0.25) is 0 Å². The molecule has 0 fully saturated rings. The molecule has 6 heteroatoms. The second kappa shape index (κ2) is 6.73. The average molecular weight is 222 g/mol. The van der Waals surface area contributed by atoms with E-state index in [0.717, 1.165) is 0 Å². The van der Waals surface area contributed by atoms with Gasteiger partial charge >= 0.3 is 5.97 Å². The van der Waals surface area contributed by atoms with Gasteiger partial charge in [0, 0.05) is 28.4 Å². The Morgan fingerprint density at radius 2 is 1.53 bits per heavy atom. The molecule has 0 spiro atoms. The lowest BCUT2D eigenvalue weighted by Crippen LogP contribution is -2.47. The topological polar surface area (TPSA) is 63.2 Å². The maximum atomic E-state index is 11.5. The van der Waals surface area contributed by atoms with Crippen LogP contribution in [0, 0.1) is 0 Å². The Kier molecular flexibility index (Phi) is 6.42. The molecule has 90 valence electrons. The largest absolute Gasteiger partial charge is 0.465 e. The zero-order valence-corrected chi connectivity index (χ0v) is 9.73. The molecule has 0 radical (unpaired) electrons. The van der Waals surface area contributed by atoms with E-state index in [9.17, 15) is 4.79 Å². The summed E-state index contributed by atoms with van der Waals surface area (Å²) < 4.78 is 24.5. The van der Waals surface area contributed by atoms with Gasteiger partial charge in [-0.25, -0.2) is 4.79 Å². The molecule has 0 atom stereocenters. The van der Waals surface area contributed by atoms with E-state index >= 15 is 0 Å². The molecule has 0 saturated heterocycles. The lowest BCUT2D eigenvalue weighted by molar-refractivity contribution is -0.254. The fraction of sp³-hybridized carbons (Fsp3) is 0.889. The Labute approximate surface area is 89.4 Å². The number of rotatable bonds is 7. The van der Waals surface area contributed by atoms with Crippen molar-refractivity contribution < 1.29 is 28.5 Å². The number of hydrogen-bond donors (Lipinski definition) is 0. The molecule has 0 aliphatic carbocycles. The van der Waals surface area contributed by atoms with E-state index in [1.165, 1.54) is 35.5 Å². The van der Waals surface area contributed by atoms with Crippen LogP contribution in [0.15, 0.2) is 0 Å². The number of hydrogen-bond acceptors (Lipinski definition) is 6. The van der Waals surface area contributed by atoms with Gasteiger partial charge in [-0.1, -0.05) is 0 Å². The third-order valence-corrected chi connectivity index (χ3v) is 2.12. The number of carbonyl (C=O) groups is 1. The van der Waals surface area contributed by atoms with E-state index in [1.54, 1.807) is 0 Å². The van der Waals surface area contributed by atoms with Crippen LogP contribution in [0.4, 0.5) is 0 Å². The summed E-state index contributed by atoms with van der Waals surface area (Å²) in [6, 6.07) is 0. The third kappa shape index (κ3) is 3.42. The highest BCUT2D eigenvalue weighted by molar-refractivity contribution is 5.77. The first kappa shape index (κ1) is 14.3. The van der Waals surface area contributed by atoms with Crippen LogP contribution in [0.25, 0.3) is 0 Å². The number of esters is 1. The molecular weight excluding hydrogens is 204 g/mol. The first-order chi connectivity index (χ1) is 7.10. The van der Waals surface area contributed by atoms with E-state index < -0.39 is 18.0 Å². The standard InChI is InChI=1S/C9H18O6/c1-11-7(12-2)6-9(14-4,15-5)8(10)13-3/h7H,6H2,1-5H3. The molecule has 0 bridgehead atoms. The van der Waals surface area contributed by atoms with E-state index in [2.05, 4.69) is 4.74 Å². The Hall–Kier alpha value is -0.690. The van der Waals surface area contributed by atoms with Gasteiger partial charge in [0.1, 0.15) is 0 Å². The molecule has 0 N–H and O–H groups in total. The van der Waals surface area contributed by atoms with Gasteiger partial charge in [-0.2, -0.15) is 0 Å². The summed E-state index contributed by atoms with van der Waals surface area (Å²) in [6.45, 7) is 0. The first-order valence-electron chi connectivity index (χ1n) is 4.34. The fourth-order valence-corrected chi connectivity index (χ4v) is 1.14. The Bertz CT molecular complexity index is 185. The van der Waals surface area contributed by atoms with Gasteiger partial charge in [0.25, 0.3) is 5.79 Å². The summed E-state index contributed by atoms with van der Waals surface area (Å²) in [7, 11) is 6.87.